The highest BCUT2D eigenvalue weighted by Crippen LogP contribution is 2.13. The van der Waals surface area contributed by atoms with Crippen LogP contribution in [-0.2, 0) is 0 Å². The zero-order valence-corrected chi connectivity index (χ0v) is 9.44. The fraction of sp³-hybridized carbons (Fsp3) is 0.0769. The van der Waals surface area contributed by atoms with Crippen molar-refractivity contribution in [3.05, 3.63) is 47.7 Å². The molecular formula is C13H10BN3. The topological polar surface area (TPSA) is 48.7 Å². The Morgan fingerprint density at radius 3 is 2.59 bits per heavy atom. The number of hydrogen-bond acceptors (Lipinski definition) is 3. The van der Waals surface area contributed by atoms with E-state index in [1.54, 1.807) is 18.3 Å². The first-order valence-corrected chi connectivity index (χ1v) is 5.18. The van der Waals surface area contributed by atoms with E-state index in [0.29, 0.717) is 16.8 Å². The Morgan fingerprint density at radius 2 is 2.00 bits per heavy atom. The van der Waals surface area contributed by atoms with Gasteiger partial charge in [0.05, 0.1) is 11.6 Å². The minimum absolute atomic E-state index is 0.606. The largest absolute Gasteiger partial charge is 0.341 e. The SMILES string of the molecule is [B]c1cc(C)cnc1Nc1ccc(C#N)cc1. The van der Waals surface area contributed by atoms with Crippen molar-refractivity contribution in [2.75, 3.05) is 5.32 Å². The molecule has 1 aromatic heterocycles. The van der Waals surface area contributed by atoms with Gasteiger partial charge in [0.2, 0.25) is 0 Å². The van der Waals surface area contributed by atoms with Gasteiger partial charge in [-0.3, -0.25) is 0 Å². The van der Waals surface area contributed by atoms with Crippen molar-refractivity contribution in [3.63, 3.8) is 0 Å². The van der Waals surface area contributed by atoms with Gasteiger partial charge in [0.15, 0.2) is 0 Å². The van der Waals surface area contributed by atoms with E-state index in [0.717, 1.165) is 11.3 Å². The zero-order chi connectivity index (χ0) is 12.3. The normalized spacial score (nSPS) is 9.65. The number of pyridine rings is 1. The fourth-order valence-corrected chi connectivity index (χ4v) is 1.46. The highest BCUT2D eigenvalue weighted by Gasteiger charge is 2.00. The van der Waals surface area contributed by atoms with E-state index in [4.69, 9.17) is 13.1 Å². The van der Waals surface area contributed by atoms with Gasteiger partial charge in [0, 0.05) is 11.9 Å². The molecule has 1 N–H and O–H groups in total. The quantitative estimate of drug-likeness (QED) is 0.783. The van der Waals surface area contributed by atoms with Gasteiger partial charge < -0.3 is 5.32 Å². The first-order valence-electron chi connectivity index (χ1n) is 5.18. The third-order valence-electron chi connectivity index (χ3n) is 2.33. The van der Waals surface area contributed by atoms with E-state index in [1.165, 1.54) is 0 Å². The minimum Gasteiger partial charge on any atom is -0.341 e. The first-order chi connectivity index (χ1) is 8.19. The Balaban J connectivity index is 2.23. The molecule has 0 bridgehead atoms. The van der Waals surface area contributed by atoms with E-state index in [2.05, 4.69) is 16.4 Å². The van der Waals surface area contributed by atoms with Gasteiger partial charge in [-0.15, -0.1) is 0 Å². The number of aryl methyl sites for hydroxylation is 1. The number of anilines is 2. The Bertz CT molecular complexity index is 570. The molecule has 0 amide bonds. The van der Waals surface area contributed by atoms with Crippen LogP contribution >= 0.6 is 0 Å². The van der Waals surface area contributed by atoms with Crippen LogP contribution in [0.1, 0.15) is 11.1 Å². The molecule has 3 nitrogen and oxygen atoms in total. The van der Waals surface area contributed by atoms with Gasteiger partial charge in [0.25, 0.3) is 0 Å². The molecule has 17 heavy (non-hydrogen) atoms. The molecule has 0 aliphatic rings. The monoisotopic (exact) mass is 219 g/mol. The molecule has 4 heteroatoms. The molecule has 0 atom stereocenters. The van der Waals surface area contributed by atoms with Crippen molar-refractivity contribution in [1.82, 2.24) is 4.98 Å². The maximum atomic E-state index is 8.69. The molecule has 1 aromatic carbocycles. The van der Waals surface area contributed by atoms with E-state index in [1.807, 2.05) is 25.1 Å². The minimum atomic E-state index is 0.606. The zero-order valence-electron chi connectivity index (χ0n) is 9.44. The number of aromatic nitrogens is 1. The number of benzene rings is 1. The molecular weight excluding hydrogens is 209 g/mol. The molecule has 0 fully saturated rings. The van der Waals surface area contributed by atoms with Crippen LogP contribution in [0, 0.1) is 18.3 Å². The predicted molar refractivity (Wildman–Crippen MR) is 68.8 cm³/mol. The predicted octanol–water partition coefficient (Wildman–Crippen LogP) is 1.80. The second kappa shape index (κ2) is 4.71. The maximum absolute atomic E-state index is 8.69. The summed E-state index contributed by atoms with van der Waals surface area (Å²) in [6.07, 6.45) is 1.75. The highest BCUT2D eigenvalue weighted by molar-refractivity contribution is 6.35. The first kappa shape index (κ1) is 11.2. The van der Waals surface area contributed by atoms with Crippen LogP contribution in [0.15, 0.2) is 36.5 Å². The maximum Gasteiger partial charge on any atom is 0.123 e. The van der Waals surface area contributed by atoms with Crippen LogP contribution in [0.4, 0.5) is 11.5 Å². The summed E-state index contributed by atoms with van der Waals surface area (Å²) in [6.45, 7) is 1.94. The molecule has 0 saturated carbocycles. The van der Waals surface area contributed by atoms with Gasteiger partial charge in [0.1, 0.15) is 13.7 Å². The molecule has 0 saturated heterocycles. The molecule has 0 aliphatic carbocycles. The van der Waals surface area contributed by atoms with Crippen molar-refractivity contribution in [1.29, 1.82) is 5.26 Å². The Labute approximate surface area is 102 Å². The van der Waals surface area contributed by atoms with Crippen LogP contribution < -0.4 is 10.8 Å². The summed E-state index contributed by atoms with van der Waals surface area (Å²) in [5.41, 5.74) is 3.11. The third kappa shape index (κ3) is 2.64. The standard InChI is InChI=1S/C13H10BN3/c1-9-6-12(14)13(16-8-9)17-11-4-2-10(7-15)3-5-11/h2-6,8H,1H3,(H,16,17). The average molecular weight is 219 g/mol. The summed E-state index contributed by atoms with van der Waals surface area (Å²) < 4.78 is 0. The smallest absolute Gasteiger partial charge is 0.123 e. The summed E-state index contributed by atoms with van der Waals surface area (Å²) in [5, 5.41) is 11.8. The van der Waals surface area contributed by atoms with Crippen molar-refractivity contribution in [3.8, 4) is 6.07 Å². The van der Waals surface area contributed by atoms with E-state index < -0.39 is 0 Å². The van der Waals surface area contributed by atoms with E-state index >= 15 is 0 Å². The molecule has 0 unspecified atom stereocenters. The van der Waals surface area contributed by atoms with Crippen LogP contribution in [-0.4, -0.2) is 12.8 Å². The fourth-order valence-electron chi connectivity index (χ4n) is 1.46. The van der Waals surface area contributed by atoms with Crippen molar-refractivity contribution in [2.45, 2.75) is 6.92 Å². The van der Waals surface area contributed by atoms with Gasteiger partial charge >= 0.3 is 0 Å². The second-order valence-electron chi connectivity index (χ2n) is 3.76. The van der Waals surface area contributed by atoms with Gasteiger partial charge in [-0.25, -0.2) is 4.98 Å². The average Bonchev–Trinajstić information content (AvgIpc) is 2.34. The Morgan fingerprint density at radius 1 is 1.29 bits per heavy atom. The summed E-state index contributed by atoms with van der Waals surface area (Å²) in [7, 11) is 5.85. The molecule has 2 rings (SSSR count). The van der Waals surface area contributed by atoms with Crippen molar-refractivity contribution >= 4 is 24.8 Å². The Hall–Kier alpha value is -2.28. The lowest BCUT2D eigenvalue weighted by Gasteiger charge is -2.09. The lowest BCUT2D eigenvalue weighted by molar-refractivity contribution is 1.28. The van der Waals surface area contributed by atoms with Crippen molar-refractivity contribution in [2.24, 2.45) is 0 Å². The summed E-state index contributed by atoms with van der Waals surface area (Å²) >= 11 is 0. The molecule has 2 aromatic rings. The summed E-state index contributed by atoms with van der Waals surface area (Å²) in [5.74, 6) is 0.625. The van der Waals surface area contributed by atoms with Crippen LogP contribution in [0.5, 0.6) is 0 Å². The number of nitriles is 1. The number of nitrogens with zero attached hydrogens (tertiary/aromatic N) is 2. The highest BCUT2D eigenvalue weighted by atomic mass is 15.0. The molecule has 0 spiro atoms. The van der Waals surface area contributed by atoms with Gasteiger partial charge in [-0.05, 0) is 36.8 Å². The van der Waals surface area contributed by atoms with Crippen LogP contribution in [0.2, 0.25) is 0 Å². The van der Waals surface area contributed by atoms with E-state index in [-0.39, 0.29) is 0 Å². The number of rotatable bonds is 2. The Kier molecular flexibility index (Phi) is 3.11. The van der Waals surface area contributed by atoms with Crippen LogP contribution in [0.3, 0.4) is 0 Å². The summed E-state index contributed by atoms with van der Waals surface area (Å²) in [4.78, 5) is 4.21. The van der Waals surface area contributed by atoms with Gasteiger partial charge in [-0.2, -0.15) is 5.26 Å². The lowest BCUT2D eigenvalue weighted by Crippen LogP contribution is -2.12. The van der Waals surface area contributed by atoms with Gasteiger partial charge in [-0.1, -0.05) is 11.5 Å². The second-order valence-corrected chi connectivity index (χ2v) is 3.76. The van der Waals surface area contributed by atoms with Crippen LogP contribution in [0.25, 0.3) is 0 Å². The number of hydrogen-bond donors (Lipinski definition) is 1. The molecule has 80 valence electrons. The van der Waals surface area contributed by atoms with Crippen molar-refractivity contribution < 1.29 is 0 Å². The molecule has 0 aliphatic heterocycles. The molecule has 2 radical (unpaired) electrons. The lowest BCUT2D eigenvalue weighted by atomic mass is 9.95. The van der Waals surface area contributed by atoms with E-state index in [9.17, 15) is 0 Å². The molecule has 1 heterocycles. The number of nitrogens with one attached hydrogen (secondary N) is 1. The summed E-state index contributed by atoms with van der Waals surface area (Å²) in [6, 6.07) is 11.1. The third-order valence-corrected chi connectivity index (χ3v) is 2.33.